The molecule has 3 aromatic rings. The number of carbonyl (C=O) groups excluding carboxylic acids is 1. The molecular weight excluding hydrogens is 558 g/mol. The van der Waals surface area contributed by atoms with Crippen LogP contribution in [0, 0.1) is 6.92 Å². The Hall–Kier alpha value is -3.60. The van der Waals surface area contributed by atoms with Gasteiger partial charge >= 0.3 is 12.4 Å². The summed E-state index contributed by atoms with van der Waals surface area (Å²) in [6.45, 7) is 8.93. The Bertz CT molecular complexity index is 1340. The van der Waals surface area contributed by atoms with Gasteiger partial charge in [-0.2, -0.15) is 26.3 Å². The molecule has 0 atom stereocenters. The summed E-state index contributed by atoms with van der Waals surface area (Å²) in [5, 5.41) is 0. The van der Waals surface area contributed by atoms with Gasteiger partial charge in [-0.1, -0.05) is 24.3 Å². The third-order valence-electron chi connectivity index (χ3n) is 7.24. The van der Waals surface area contributed by atoms with Crippen LogP contribution in [0.1, 0.15) is 36.1 Å². The van der Waals surface area contributed by atoms with Gasteiger partial charge in [0.25, 0.3) is 0 Å². The van der Waals surface area contributed by atoms with Gasteiger partial charge in [-0.05, 0) is 68.8 Å². The largest absolute Gasteiger partial charge is 0.416 e. The number of aryl methyl sites for hydroxylation is 1. The highest BCUT2D eigenvalue weighted by molar-refractivity contribution is 5.82. The van der Waals surface area contributed by atoms with Gasteiger partial charge in [-0.15, -0.1) is 0 Å². The first-order chi connectivity index (χ1) is 19.4. The van der Waals surface area contributed by atoms with Crippen molar-refractivity contribution in [3.8, 4) is 11.1 Å². The summed E-state index contributed by atoms with van der Waals surface area (Å²) in [4.78, 5) is 22.4. The first-order valence-corrected chi connectivity index (χ1v) is 13.4. The van der Waals surface area contributed by atoms with Crippen LogP contribution in [0.4, 0.5) is 37.8 Å². The van der Waals surface area contributed by atoms with Crippen molar-refractivity contribution in [2.24, 2.45) is 0 Å². The highest BCUT2D eigenvalue weighted by Crippen LogP contribution is 2.38. The molecule has 2 heterocycles. The number of piperazine rings is 1. The smallest absolute Gasteiger partial charge is 0.376 e. The van der Waals surface area contributed by atoms with Crippen molar-refractivity contribution in [3.05, 3.63) is 77.0 Å². The van der Waals surface area contributed by atoms with Crippen molar-refractivity contribution in [2.75, 3.05) is 57.1 Å². The number of likely N-dealkylation sites (N-methyl/N-ethyl adjacent to an activating group) is 1. The molecule has 1 fully saturated rings. The fraction of sp³-hybridized carbons (Fsp3) is 0.419. The fourth-order valence-corrected chi connectivity index (χ4v) is 4.49. The quantitative estimate of drug-likeness (QED) is 0.233. The number of pyridine rings is 1. The molecule has 1 aromatic heterocycles. The molecular formula is C31H36F6N4O. The molecule has 4 rings (SSSR count). The normalized spacial score (nSPS) is 14.7. The summed E-state index contributed by atoms with van der Waals surface area (Å²) in [7, 11) is 6.33. The third-order valence-corrected chi connectivity index (χ3v) is 7.24. The number of hydrogen-bond donors (Lipinski definition) is 0. The molecule has 0 unspecified atom stereocenters. The maximum atomic E-state index is 12.6. The Morgan fingerprint density at radius 3 is 1.81 bits per heavy atom. The molecule has 1 saturated heterocycles. The van der Waals surface area contributed by atoms with E-state index in [1.807, 2.05) is 6.20 Å². The Morgan fingerprint density at radius 1 is 0.810 bits per heavy atom. The zero-order valence-electron chi connectivity index (χ0n) is 24.6. The number of alkyl halides is 6. The lowest BCUT2D eigenvalue weighted by Gasteiger charge is -2.33. The molecule has 2 aromatic carbocycles. The van der Waals surface area contributed by atoms with Gasteiger partial charge in [0, 0.05) is 51.3 Å². The van der Waals surface area contributed by atoms with Gasteiger partial charge in [0.15, 0.2) is 0 Å². The van der Waals surface area contributed by atoms with Crippen molar-refractivity contribution < 1.29 is 31.1 Å². The number of carbonyl (C=O) groups is 1. The molecule has 0 N–H and O–H groups in total. The number of aldehydes is 1. The molecule has 1 aliphatic heterocycles. The van der Waals surface area contributed by atoms with E-state index in [9.17, 15) is 31.1 Å². The Labute approximate surface area is 242 Å². The molecule has 228 valence electrons. The molecule has 0 amide bonds. The van der Waals surface area contributed by atoms with Gasteiger partial charge in [0.2, 0.25) is 0 Å². The number of benzene rings is 2. The Morgan fingerprint density at radius 2 is 1.33 bits per heavy atom. The molecule has 0 spiro atoms. The van der Waals surface area contributed by atoms with E-state index < -0.39 is 28.9 Å². The number of aromatic nitrogens is 1. The average Bonchev–Trinajstić information content (AvgIpc) is 2.92. The maximum Gasteiger partial charge on any atom is 0.416 e. The van der Waals surface area contributed by atoms with Crippen LogP contribution in [0.25, 0.3) is 11.1 Å². The van der Waals surface area contributed by atoms with E-state index in [4.69, 9.17) is 4.98 Å². The molecule has 0 aliphatic carbocycles. The second-order valence-electron chi connectivity index (χ2n) is 11.2. The second-order valence-corrected chi connectivity index (χ2v) is 11.2. The van der Waals surface area contributed by atoms with Crippen LogP contribution in [0.15, 0.2) is 54.7 Å². The van der Waals surface area contributed by atoms with Crippen LogP contribution < -0.4 is 9.80 Å². The van der Waals surface area contributed by atoms with Crippen molar-refractivity contribution in [2.45, 2.75) is 38.5 Å². The topological polar surface area (TPSA) is 39.7 Å². The minimum absolute atomic E-state index is 0.0321. The van der Waals surface area contributed by atoms with Crippen molar-refractivity contribution in [1.82, 2.24) is 9.88 Å². The van der Waals surface area contributed by atoms with Gasteiger partial charge in [-0.25, -0.2) is 4.98 Å². The standard InChI is InChI=1S/C19H26N4.C12H10F6O/c1-15-7-5-6-8-16(15)17-13-19(20-14-18(17)21(2)3)23-11-9-22(4)10-12-23;1-10(2,6-19)7-3-8(11(13,14)15)5-9(4-7)12(16,17)18/h5-8,13-14H,9-12H2,1-4H3;3-6H,1-2H3. The van der Waals surface area contributed by atoms with Crippen LogP contribution in [0.3, 0.4) is 0 Å². The molecule has 0 bridgehead atoms. The predicted octanol–water partition coefficient (Wildman–Crippen LogP) is 7.08. The Balaban J connectivity index is 0.000000236. The minimum Gasteiger partial charge on any atom is -0.376 e. The van der Waals surface area contributed by atoms with Crippen LogP contribution in [-0.4, -0.2) is 63.5 Å². The average molecular weight is 595 g/mol. The van der Waals surface area contributed by atoms with E-state index in [1.54, 1.807) is 0 Å². The van der Waals surface area contributed by atoms with Crippen molar-refractivity contribution in [1.29, 1.82) is 0 Å². The van der Waals surface area contributed by atoms with Crippen molar-refractivity contribution >= 4 is 17.8 Å². The van der Waals surface area contributed by atoms with Crippen LogP contribution in [-0.2, 0) is 22.6 Å². The van der Waals surface area contributed by atoms with Gasteiger partial charge in [0.1, 0.15) is 12.1 Å². The summed E-state index contributed by atoms with van der Waals surface area (Å²) in [5.74, 6) is 1.09. The highest BCUT2D eigenvalue weighted by Gasteiger charge is 2.38. The monoisotopic (exact) mass is 594 g/mol. The summed E-state index contributed by atoms with van der Waals surface area (Å²) >= 11 is 0. The number of rotatable bonds is 5. The summed E-state index contributed by atoms with van der Waals surface area (Å²) < 4.78 is 75.4. The number of halogens is 6. The van der Waals surface area contributed by atoms with E-state index in [-0.39, 0.29) is 11.6 Å². The zero-order chi connectivity index (χ0) is 31.5. The van der Waals surface area contributed by atoms with Crippen molar-refractivity contribution in [3.63, 3.8) is 0 Å². The minimum atomic E-state index is -4.91. The highest BCUT2D eigenvalue weighted by atomic mass is 19.4. The lowest BCUT2D eigenvalue weighted by molar-refractivity contribution is -0.143. The molecule has 42 heavy (non-hydrogen) atoms. The lowest BCUT2D eigenvalue weighted by Crippen LogP contribution is -2.44. The van der Waals surface area contributed by atoms with Gasteiger partial charge < -0.3 is 19.5 Å². The van der Waals surface area contributed by atoms with E-state index in [1.165, 1.54) is 30.5 Å². The van der Waals surface area contributed by atoms with Gasteiger partial charge in [-0.3, -0.25) is 0 Å². The predicted molar refractivity (Wildman–Crippen MR) is 154 cm³/mol. The summed E-state index contributed by atoms with van der Waals surface area (Å²) in [5.41, 5.74) is 0.403. The maximum absolute atomic E-state index is 12.6. The van der Waals surface area contributed by atoms with Crippen LogP contribution >= 0.6 is 0 Å². The first kappa shape index (κ1) is 32.9. The van der Waals surface area contributed by atoms with Crippen LogP contribution in [0.5, 0.6) is 0 Å². The molecule has 11 heteroatoms. The molecule has 1 aliphatic rings. The number of nitrogens with zero attached hydrogens (tertiary/aromatic N) is 4. The SMILES string of the molecule is CC(C)(C=O)c1cc(C(F)(F)F)cc(C(F)(F)F)c1.Cc1ccccc1-c1cc(N2CCN(C)CC2)ncc1N(C)C. The fourth-order valence-electron chi connectivity index (χ4n) is 4.49. The molecule has 0 saturated carbocycles. The summed E-state index contributed by atoms with van der Waals surface area (Å²) in [6, 6.07) is 12.0. The molecule has 0 radical (unpaired) electrons. The molecule has 5 nitrogen and oxygen atoms in total. The van der Waals surface area contributed by atoms with Gasteiger partial charge in [0.05, 0.1) is 23.0 Å². The van der Waals surface area contributed by atoms with E-state index >= 15 is 0 Å². The second kappa shape index (κ2) is 12.7. The Kier molecular flexibility index (Phi) is 9.97. The number of hydrogen-bond acceptors (Lipinski definition) is 5. The zero-order valence-corrected chi connectivity index (χ0v) is 24.6. The summed E-state index contributed by atoms with van der Waals surface area (Å²) in [6.07, 6.45) is -7.50. The van der Waals surface area contributed by atoms with E-state index in [2.05, 4.69) is 73.1 Å². The number of anilines is 2. The van der Waals surface area contributed by atoms with E-state index in [0.29, 0.717) is 18.4 Å². The third kappa shape index (κ3) is 8.02. The van der Waals surface area contributed by atoms with Crippen LogP contribution in [0.2, 0.25) is 0 Å². The first-order valence-electron chi connectivity index (χ1n) is 13.4. The van der Waals surface area contributed by atoms with E-state index in [0.717, 1.165) is 37.7 Å². The lowest BCUT2D eigenvalue weighted by atomic mass is 9.84.